The van der Waals surface area contributed by atoms with Crippen molar-refractivity contribution in [1.29, 1.82) is 0 Å². The summed E-state index contributed by atoms with van der Waals surface area (Å²) in [5.74, 6) is 0. The molecule has 18 heavy (non-hydrogen) atoms. The molecule has 1 atom stereocenters. The number of rotatable bonds is 6. The van der Waals surface area contributed by atoms with Gasteiger partial charge in [-0.05, 0) is 33.1 Å². The Morgan fingerprint density at radius 2 is 2.06 bits per heavy atom. The van der Waals surface area contributed by atoms with E-state index < -0.39 is 15.7 Å². The van der Waals surface area contributed by atoms with E-state index >= 15 is 0 Å². The lowest BCUT2D eigenvalue weighted by Crippen LogP contribution is -2.55. The molecule has 0 spiro atoms. The van der Waals surface area contributed by atoms with Gasteiger partial charge in [-0.1, -0.05) is 19.8 Å². The molecule has 6 heteroatoms. The number of piperidine rings is 1. The average molecular weight is 278 g/mol. The summed E-state index contributed by atoms with van der Waals surface area (Å²) in [6.07, 6.45) is 4.32. The van der Waals surface area contributed by atoms with Crippen molar-refractivity contribution in [3.05, 3.63) is 0 Å². The van der Waals surface area contributed by atoms with Gasteiger partial charge in [0.2, 0.25) is 0 Å². The number of aliphatic hydroxyl groups excluding tert-OH is 1. The summed E-state index contributed by atoms with van der Waals surface area (Å²) in [6.45, 7) is 6.23. The predicted octanol–water partition coefficient (Wildman–Crippen LogP) is 1.25. The summed E-state index contributed by atoms with van der Waals surface area (Å²) in [5.41, 5.74) is -0.439. The normalized spacial score (nSPS) is 23.2. The largest absolute Gasteiger partial charge is 0.395 e. The monoisotopic (exact) mass is 278 g/mol. The molecule has 1 unspecified atom stereocenters. The Bertz CT molecular complexity index is 354. The van der Waals surface area contributed by atoms with Crippen molar-refractivity contribution in [3.8, 4) is 0 Å². The maximum atomic E-state index is 12.3. The second kappa shape index (κ2) is 6.32. The van der Waals surface area contributed by atoms with Crippen molar-refractivity contribution < 1.29 is 13.5 Å². The van der Waals surface area contributed by atoms with Gasteiger partial charge in [0.1, 0.15) is 0 Å². The molecular weight excluding hydrogens is 252 g/mol. The van der Waals surface area contributed by atoms with Crippen molar-refractivity contribution in [2.75, 3.05) is 13.2 Å². The van der Waals surface area contributed by atoms with Gasteiger partial charge < -0.3 is 5.11 Å². The smallest absolute Gasteiger partial charge is 0.280 e. The zero-order chi connectivity index (χ0) is 13.8. The number of nitrogens with zero attached hydrogens (tertiary/aromatic N) is 1. The molecule has 0 bridgehead atoms. The first-order valence-electron chi connectivity index (χ1n) is 6.74. The van der Waals surface area contributed by atoms with E-state index in [1.807, 2.05) is 20.8 Å². The first kappa shape index (κ1) is 15.9. The van der Waals surface area contributed by atoms with Crippen LogP contribution in [0.2, 0.25) is 0 Å². The van der Waals surface area contributed by atoms with Crippen LogP contribution in [-0.2, 0) is 10.2 Å². The summed E-state index contributed by atoms with van der Waals surface area (Å²) in [4.78, 5) is 0. The fraction of sp³-hybridized carbons (Fsp3) is 1.00. The van der Waals surface area contributed by atoms with Gasteiger partial charge in [0, 0.05) is 18.1 Å². The third-order valence-corrected chi connectivity index (χ3v) is 5.28. The molecular formula is C12H26N2O3S. The molecule has 1 aliphatic heterocycles. The van der Waals surface area contributed by atoms with E-state index in [1.54, 1.807) is 0 Å². The molecule has 2 N–H and O–H groups in total. The Kier molecular flexibility index (Phi) is 5.58. The summed E-state index contributed by atoms with van der Waals surface area (Å²) in [7, 11) is -3.50. The van der Waals surface area contributed by atoms with Crippen molar-refractivity contribution in [2.24, 2.45) is 0 Å². The predicted molar refractivity (Wildman–Crippen MR) is 72.5 cm³/mol. The van der Waals surface area contributed by atoms with Crippen LogP contribution >= 0.6 is 0 Å². The fourth-order valence-electron chi connectivity index (χ4n) is 2.56. The topological polar surface area (TPSA) is 69.6 Å². The van der Waals surface area contributed by atoms with E-state index in [9.17, 15) is 13.5 Å². The van der Waals surface area contributed by atoms with Crippen molar-refractivity contribution in [1.82, 2.24) is 9.03 Å². The summed E-state index contributed by atoms with van der Waals surface area (Å²) >= 11 is 0. The van der Waals surface area contributed by atoms with Crippen LogP contribution in [0.5, 0.6) is 0 Å². The molecule has 0 aromatic heterocycles. The van der Waals surface area contributed by atoms with Crippen molar-refractivity contribution >= 4 is 10.2 Å². The van der Waals surface area contributed by atoms with Crippen LogP contribution in [0.3, 0.4) is 0 Å². The highest BCUT2D eigenvalue weighted by atomic mass is 32.2. The van der Waals surface area contributed by atoms with Gasteiger partial charge in [0.25, 0.3) is 10.2 Å². The van der Waals surface area contributed by atoms with E-state index in [2.05, 4.69) is 4.72 Å². The van der Waals surface area contributed by atoms with E-state index in [0.717, 1.165) is 32.1 Å². The minimum absolute atomic E-state index is 0.102. The van der Waals surface area contributed by atoms with Crippen LogP contribution in [0.4, 0.5) is 0 Å². The highest BCUT2D eigenvalue weighted by Gasteiger charge is 2.35. The summed E-state index contributed by atoms with van der Waals surface area (Å²) in [5, 5.41) is 9.29. The van der Waals surface area contributed by atoms with Gasteiger partial charge in [0.15, 0.2) is 0 Å². The van der Waals surface area contributed by atoms with Gasteiger partial charge in [-0.2, -0.15) is 17.4 Å². The third-order valence-electron chi connectivity index (χ3n) is 3.37. The second-order valence-corrected chi connectivity index (χ2v) is 7.31. The summed E-state index contributed by atoms with van der Waals surface area (Å²) < 4.78 is 28.9. The Hall–Kier alpha value is -0.170. The SMILES string of the molecule is CCCC(C)(C)NS(=O)(=O)N1CCCCC1CO. The molecule has 1 heterocycles. The quantitative estimate of drug-likeness (QED) is 0.768. The second-order valence-electron chi connectivity index (χ2n) is 5.68. The Morgan fingerprint density at radius 1 is 1.39 bits per heavy atom. The molecule has 0 amide bonds. The molecule has 1 aliphatic rings. The van der Waals surface area contributed by atoms with E-state index in [0.29, 0.717) is 6.54 Å². The maximum absolute atomic E-state index is 12.3. The van der Waals surface area contributed by atoms with Crippen molar-refractivity contribution in [2.45, 2.75) is 64.5 Å². The van der Waals surface area contributed by atoms with Crippen LogP contribution < -0.4 is 4.72 Å². The number of nitrogens with one attached hydrogen (secondary N) is 1. The Morgan fingerprint density at radius 3 is 2.61 bits per heavy atom. The van der Waals surface area contributed by atoms with E-state index in [-0.39, 0.29) is 12.6 Å². The molecule has 0 radical (unpaired) electrons. The molecule has 108 valence electrons. The standard InChI is InChI=1S/C12H26N2O3S/c1-4-8-12(2,3)13-18(16,17)14-9-6-5-7-11(14)10-15/h11,13,15H,4-10H2,1-3H3. The Balaban J connectivity index is 2.78. The lowest BCUT2D eigenvalue weighted by molar-refractivity contribution is 0.152. The van der Waals surface area contributed by atoms with Crippen LogP contribution in [0.15, 0.2) is 0 Å². The molecule has 1 saturated heterocycles. The highest BCUT2D eigenvalue weighted by Crippen LogP contribution is 2.21. The minimum Gasteiger partial charge on any atom is -0.395 e. The van der Waals surface area contributed by atoms with E-state index in [1.165, 1.54) is 4.31 Å². The van der Waals surface area contributed by atoms with Gasteiger partial charge in [0.05, 0.1) is 6.61 Å². The Labute approximate surface area is 111 Å². The van der Waals surface area contributed by atoms with Crippen LogP contribution in [0.25, 0.3) is 0 Å². The van der Waals surface area contributed by atoms with Gasteiger partial charge in [-0.25, -0.2) is 0 Å². The third kappa shape index (κ3) is 4.19. The maximum Gasteiger partial charge on any atom is 0.280 e. The molecule has 0 saturated carbocycles. The minimum atomic E-state index is -3.50. The van der Waals surface area contributed by atoms with Crippen molar-refractivity contribution in [3.63, 3.8) is 0 Å². The number of hydrogen-bond acceptors (Lipinski definition) is 3. The van der Waals surface area contributed by atoms with Crippen LogP contribution in [-0.4, -0.2) is 42.6 Å². The fourth-order valence-corrected chi connectivity index (χ4v) is 4.41. The molecule has 0 aliphatic carbocycles. The van der Waals surface area contributed by atoms with E-state index in [4.69, 9.17) is 0 Å². The molecule has 1 fully saturated rings. The average Bonchev–Trinajstić information content (AvgIpc) is 2.27. The highest BCUT2D eigenvalue weighted by molar-refractivity contribution is 7.87. The molecule has 0 aromatic carbocycles. The lowest BCUT2D eigenvalue weighted by Gasteiger charge is -2.36. The zero-order valence-electron chi connectivity index (χ0n) is 11.6. The van der Waals surface area contributed by atoms with Crippen LogP contribution in [0, 0.1) is 0 Å². The number of aliphatic hydroxyl groups is 1. The lowest BCUT2D eigenvalue weighted by atomic mass is 10.0. The zero-order valence-corrected chi connectivity index (χ0v) is 12.5. The summed E-state index contributed by atoms with van der Waals surface area (Å²) in [6, 6.07) is -0.270. The van der Waals surface area contributed by atoms with Gasteiger partial charge in [-0.15, -0.1) is 0 Å². The van der Waals surface area contributed by atoms with Crippen LogP contribution in [0.1, 0.15) is 52.9 Å². The number of hydrogen-bond donors (Lipinski definition) is 2. The first-order valence-corrected chi connectivity index (χ1v) is 8.18. The van der Waals surface area contributed by atoms with Gasteiger partial charge >= 0.3 is 0 Å². The molecule has 1 rings (SSSR count). The molecule has 0 aromatic rings. The molecule has 5 nitrogen and oxygen atoms in total. The van der Waals surface area contributed by atoms with Gasteiger partial charge in [-0.3, -0.25) is 0 Å². The first-order chi connectivity index (χ1) is 8.32.